The fraction of sp³-hybridized carbons (Fsp3) is 0.389. The van der Waals surface area contributed by atoms with Crippen LogP contribution in [0.4, 0.5) is 0 Å². The number of pyridine rings is 1. The molecule has 20 heavy (non-hydrogen) atoms. The van der Waals surface area contributed by atoms with Gasteiger partial charge in [0.15, 0.2) is 0 Å². The van der Waals surface area contributed by atoms with Crippen LogP contribution < -0.4 is 5.32 Å². The minimum absolute atomic E-state index is 0.539. The lowest BCUT2D eigenvalue weighted by Crippen LogP contribution is -2.32. The molecule has 0 radical (unpaired) electrons. The zero-order valence-corrected chi connectivity index (χ0v) is 12.3. The van der Waals surface area contributed by atoms with Crippen LogP contribution in [0.2, 0.25) is 0 Å². The Morgan fingerprint density at radius 2 is 1.85 bits per heavy atom. The van der Waals surface area contributed by atoms with Crippen LogP contribution in [-0.4, -0.2) is 17.6 Å². The molecule has 2 aromatic rings. The van der Waals surface area contributed by atoms with Crippen LogP contribution in [0, 0.1) is 0 Å². The number of aryl methyl sites for hydroxylation is 1. The molecule has 2 heteroatoms. The van der Waals surface area contributed by atoms with Gasteiger partial charge in [-0.25, -0.2) is 0 Å². The first-order valence-corrected chi connectivity index (χ1v) is 7.54. The standard InChI is InChI=1S/C18H24N2/c1-2-12-20-18(14-16-7-4-3-5-8-16)11-10-17-9-6-13-19-15-17/h3-9,13,15,18,20H,2,10-12,14H2,1H3. The van der Waals surface area contributed by atoms with E-state index in [2.05, 4.69) is 53.6 Å². The van der Waals surface area contributed by atoms with E-state index >= 15 is 0 Å². The highest BCUT2D eigenvalue weighted by atomic mass is 14.9. The molecule has 0 saturated heterocycles. The Morgan fingerprint density at radius 1 is 1.05 bits per heavy atom. The maximum atomic E-state index is 4.19. The smallest absolute Gasteiger partial charge is 0.0299 e. The topological polar surface area (TPSA) is 24.9 Å². The van der Waals surface area contributed by atoms with Crippen LogP contribution in [0.5, 0.6) is 0 Å². The molecule has 106 valence electrons. The number of aromatic nitrogens is 1. The van der Waals surface area contributed by atoms with Gasteiger partial charge in [0.05, 0.1) is 0 Å². The molecular formula is C18H24N2. The van der Waals surface area contributed by atoms with Crippen LogP contribution in [-0.2, 0) is 12.8 Å². The molecule has 0 fully saturated rings. The van der Waals surface area contributed by atoms with E-state index in [1.807, 2.05) is 18.5 Å². The molecule has 0 spiro atoms. The zero-order valence-electron chi connectivity index (χ0n) is 12.3. The average molecular weight is 268 g/mol. The quantitative estimate of drug-likeness (QED) is 0.791. The fourth-order valence-corrected chi connectivity index (χ4v) is 2.41. The van der Waals surface area contributed by atoms with Gasteiger partial charge in [-0.05, 0) is 49.4 Å². The summed E-state index contributed by atoms with van der Waals surface area (Å²) in [6.45, 7) is 3.30. The second kappa shape index (κ2) is 8.49. The summed E-state index contributed by atoms with van der Waals surface area (Å²) in [5.41, 5.74) is 2.73. The molecule has 1 N–H and O–H groups in total. The van der Waals surface area contributed by atoms with Crippen molar-refractivity contribution >= 4 is 0 Å². The largest absolute Gasteiger partial charge is 0.314 e. The van der Waals surface area contributed by atoms with Crippen molar-refractivity contribution < 1.29 is 0 Å². The van der Waals surface area contributed by atoms with Gasteiger partial charge in [-0.15, -0.1) is 0 Å². The summed E-state index contributed by atoms with van der Waals surface area (Å²) in [6.07, 6.45) is 8.32. The molecule has 0 amide bonds. The minimum Gasteiger partial charge on any atom is -0.314 e. The van der Waals surface area contributed by atoms with Crippen molar-refractivity contribution in [1.29, 1.82) is 0 Å². The average Bonchev–Trinajstić information content (AvgIpc) is 2.52. The molecule has 0 aliphatic carbocycles. The molecule has 0 aliphatic rings. The number of hydrogen-bond donors (Lipinski definition) is 1. The summed E-state index contributed by atoms with van der Waals surface area (Å²) in [5, 5.41) is 3.67. The Kier molecular flexibility index (Phi) is 6.25. The summed E-state index contributed by atoms with van der Waals surface area (Å²) in [5.74, 6) is 0. The molecule has 1 atom stereocenters. The van der Waals surface area contributed by atoms with Crippen molar-refractivity contribution in [2.24, 2.45) is 0 Å². The second-order valence-electron chi connectivity index (χ2n) is 5.24. The Balaban J connectivity index is 1.89. The zero-order chi connectivity index (χ0) is 14.0. The maximum Gasteiger partial charge on any atom is 0.0299 e. The fourth-order valence-electron chi connectivity index (χ4n) is 2.41. The van der Waals surface area contributed by atoms with Crippen molar-refractivity contribution in [3.8, 4) is 0 Å². The van der Waals surface area contributed by atoms with Gasteiger partial charge >= 0.3 is 0 Å². The lowest BCUT2D eigenvalue weighted by molar-refractivity contribution is 0.477. The summed E-state index contributed by atoms with van der Waals surface area (Å²) < 4.78 is 0. The Morgan fingerprint density at radius 3 is 2.55 bits per heavy atom. The van der Waals surface area contributed by atoms with E-state index in [0.29, 0.717) is 6.04 Å². The lowest BCUT2D eigenvalue weighted by Gasteiger charge is -2.18. The third-order valence-corrected chi connectivity index (χ3v) is 3.51. The van der Waals surface area contributed by atoms with Gasteiger partial charge in [-0.2, -0.15) is 0 Å². The van der Waals surface area contributed by atoms with Gasteiger partial charge in [-0.3, -0.25) is 4.98 Å². The van der Waals surface area contributed by atoms with E-state index in [1.54, 1.807) is 0 Å². The van der Waals surface area contributed by atoms with Gasteiger partial charge in [0.2, 0.25) is 0 Å². The molecule has 2 nitrogen and oxygen atoms in total. The summed E-state index contributed by atoms with van der Waals surface area (Å²) in [6, 6.07) is 15.5. The molecule has 1 heterocycles. The van der Waals surface area contributed by atoms with Gasteiger partial charge in [0.1, 0.15) is 0 Å². The normalized spacial score (nSPS) is 12.2. The Hall–Kier alpha value is -1.67. The predicted octanol–water partition coefficient (Wildman–Crippen LogP) is 3.63. The monoisotopic (exact) mass is 268 g/mol. The highest BCUT2D eigenvalue weighted by Gasteiger charge is 2.09. The first kappa shape index (κ1) is 14.7. The van der Waals surface area contributed by atoms with Crippen molar-refractivity contribution in [2.45, 2.75) is 38.6 Å². The second-order valence-corrected chi connectivity index (χ2v) is 5.24. The Bertz CT molecular complexity index is 467. The van der Waals surface area contributed by atoms with E-state index < -0.39 is 0 Å². The van der Waals surface area contributed by atoms with Crippen molar-refractivity contribution in [2.75, 3.05) is 6.54 Å². The van der Waals surface area contributed by atoms with E-state index in [4.69, 9.17) is 0 Å². The van der Waals surface area contributed by atoms with E-state index in [1.165, 1.54) is 17.5 Å². The number of benzene rings is 1. The molecule has 1 aromatic heterocycles. The third kappa shape index (κ3) is 5.14. The molecule has 0 saturated carbocycles. The van der Waals surface area contributed by atoms with Gasteiger partial charge in [0.25, 0.3) is 0 Å². The highest BCUT2D eigenvalue weighted by molar-refractivity contribution is 5.16. The van der Waals surface area contributed by atoms with Crippen molar-refractivity contribution in [1.82, 2.24) is 10.3 Å². The predicted molar refractivity (Wildman–Crippen MR) is 84.8 cm³/mol. The lowest BCUT2D eigenvalue weighted by atomic mass is 9.99. The van der Waals surface area contributed by atoms with E-state index in [-0.39, 0.29) is 0 Å². The number of hydrogen-bond acceptors (Lipinski definition) is 2. The summed E-state index contributed by atoms with van der Waals surface area (Å²) in [4.78, 5) is 4.19. The SMILES string of the molecule is CCCNC(CCc1cccnc1)Cc1ccccc1. The summed E-state index contributed by atoms with van der Waals surface area (Å²) in [7, 11) is 0. The third-order valence-electron chi connectivity index (χ3n) is 3.51. The molecule has 1 aromatic carbocycles. The van der Waals surface area contributed by atoms with Crippen LogP contribution in [0.3, 0.4) is 0 Å². The van der Waals surface area contributed by atoms with Crippen LogP contribution in [0.1, 0.15) is 30.9 Å². The Labute approximate surface area is 122 Å². The van der Waals surface area contributed by atoms with Crippen LogP contribution in [0.25, 0.3) is 0 Å². The van der Waals surface area contributed by atoms with Crippen molar-refractivity contribution in [3.63, 3.8) is 0 Å². The number of rotatable bonds is 8. The highest BCUT2D eigenvalue weighted by Crippen LogP contribution is 2.09. The van der Waals surface area contributed by atoms with Gasteiger partial charge in [0, 0.05) is 18.4 Å². The summed E-state index contributed by atoms with van der Waals surface area (Å²) >= 11 is 0. The minimum atomic E-state index is 0.539. The van der Waals surface area contributed by atoms with E-state index in [0.717, 1.165) is 25.8 Å². The van der Waals surface area contributed by atoms with Crippen molar-refractivity contribution in [3.05, 3.63) is 66.0 Å². The van der Waals surface area contributed by atoms with Crippen LogP contribution >= 0.6 is 0 Å². The number of nitrogens with one attached hydrogen (secondary N) is 1. The molecule has 2 rings (SSSR count). The first-order valence-electron chi connectivity index (χ1n) is 7.54. The van der Waals surface area contributed by atoms with E-state index in [9.17, 15) is 0 Å². The van der Waals surface area contributed by atoms with Gasteiger partial charge in [-0.1, -0.05) is 43.3 Å². The molecule has 0 bridgehead atoms. The number of nitrogens with zero attached hydrogens (tertiary/aromatic N) is 1. The molecule has 1 unspecified atom stereocenters. The first-order chi connectivity index (χ1) is 9.88. The maximum absolute atomic E-state index is 4.19. The molecular weight excluding hydrogens is 244 g/mol. The molecule has 0 aliphatic heterocycles. The van der Waals surface area contributed by atoms with Gasteiger partial charge < -0.3 is 5.32 Å². The van der Waals surface area contributed by atoms with Crippen LogP contribution in [0.15, 0.2) is 54.9 Å².